The van der Waals surface area contributed by atoms with Gasteiger partial charge in [-0.1, -0.05) is 0 Å². The second-order valence-corrected chi connectivity index (χ2v) is 2.83. The monoisotopic (exact) mass is 157 g/mol. The fraction of sp³-hybridized carbons (Fsp3) is 0.500. The zero-order chi connectivity index (χ0) is 7.56. The summed E-state index contributed by atoms with van der Waals surface area (Å²) < 4.78 is 1.84. The van der Waals surface area contributed by atoms with Crippen LogP contribution in [0.25, 0.3) is 0 Å². The van der Waals surface area contributed by atoms with Crippen molar-refractivity contribution < 1.29 is 0 Å². The van der Waals surface area contributed by atoms with E-state index in [4.69, 9.17) is 5.73 Å². The van der Waals surface area contributed by atoms with Crippen LogP contribution in [0.4, 0.5) is 0 Å². The molecule has 56 valence electrons. The Bertz CT molecular complexity index is 219. The van der Waals surface area contributed by atoms with Crippen LogP contribution in [0.3, 0.4) is 0 Å². The van der Waals surface area contributed by atoms with Gasteiger partial charge in [-0.15, -0.1) is 11.8 Å². The van der Waals surface area contributed by atoms with Crippen LogP contribution in [-0.4, -0.2) is 16.0 Å². The van der Waals surface area contributed by atoms with Gasteiger partial charge in [-0.3, -0.25) is 4.68 Å². The Kier molecular flexibility index (Phi) is 2.34. The zero-order valence-corrected chi connectivity index (χ0v) is 6.98. The van der Waals surface area contributed by atoms with E-state index in [0.717, 1.165) is 10.7 Å². The first-order valence-corrected chi connectivity index (χ1v) is 4.27. The van der Waals surface area contributed by atoms with Crippen molar-refractivity contribution in [3.05, 3.63) is 11.8 Å². The third kappa shape index (κ3) is 1.33. The first-order chi connectivity index (χ1) is 4.77. The minimum Gasteiger partial charge on any atom is -0.325 e. The van der Waals surface area contributed by atoms with Crippen molar-refractivity contribution in [1.29, 1.82) is 0 Å². The molecule has 0 unspecified atom stereocenters. The number of nitrogens with zero attached hydrogens (tertiary/aromatic N) is 2. The minimum absolute atomic E-state index is 0.522. The molecule has 1 heterocycles. The maximum absolute atomic E-state index is 5.40. The third-order valence-corrected chi connectivity index (χ3v) is 2.11. The van der Waals surface area contributed by atoms with E-state index in [1.807, 2.05) is 24.1 Å². The third-order valence-electron chi connectivity index (χ3n) is 1.31. The number of aromatic nitrogens is 2. The first-order valence-electron chi connectivity index (χ1n) is 3.05. The van der Waals surface area contributed by atoms with Crippen LogP contribution in [0.2, 0.25) is 0 Å². The average molecular weight is 157 g/mol. The van der Waals surface area contributed by atoms with Gasteiger partial charge < -0.3 is 5.73 Å². The normalized spacial score (nSPS) is 10.3. The lowest BCUT2D eigenvalue weighted by molar-refractivity contribution is 0.686. The summed E-state index contributed by atoms with van der Waals surface area (Å²) >= 11 is 1.68. The van der Waals surface area contributed by atoms with Gasteiger partial charge in [-0.25, -0.2) is 0 Å². The standard InChI is InChI=1S/C6H11N3S/c1-9-6(10-2)3-5(4-7)8-9/h3H,4,7H2,1-2H3. The first kappa shape index (κ1) is 7.63. The molecule has 0 fully saturated rings. The molecule has 3 nitrogen and oxygen atoms in total. The predicted molar refractivity (Wildman–Crippen MR) is 42.9 cm³/mol. The molecular weight excluding hydrogens is 146 g/mol. The van der Waals surface area contributed by atoms with E-state index in [1.54, 1.807) is 11.8 Å². The van der Waals surface area contributed by atoms with E-state index >= 15 is 0 Å². The van der Waals surface area contributed by atoms with Crippen molar-refractivity contribution in [2.75, 3.05) is 6.26 Å². The second kappa shape index (κ2) is 3.07. The minimum atomic E-state index is 0.522. The molecule has 10 heavy (non-hydrogen) atoms. The van der Waals surface area contributed by atoms with Crippen LogP contribution >= 0.6 is 11.8 Å². The van der Waals surface area contributed by atoms with Gasteiger partial charge in [0.15, 0.2) is 0 Å². The van der Waals surface area contributed by atoms with E-state index in [1.165, 1.54) is 0 Å². The highest BCUT2D eigenvalue weighted by atomic mass is 32.2. The Morgan fingerprint density at radius 2 is 2.50 bits per heavy atom. The Balaban J connectivity index is 2.92. The summed E-state index contributed by atoms with van der Waals surface area (Å²) in [6.45, 7) is 0.522. The van der Waals surface area contributed by atoms with Crippen LogP contribution in [-0.2, 0) is 13.6 Å². The average Bonchev–Trinajstić information content (AvgIpc) is 2.30. The summed E-state index contributed by atoms with van der Waals surface area (Å²) in [4.78, 5) is 0. The van der Waals surface area contributed by atoms with Crippen molar-refractivity contribution in [2.24, 2.45) is 12.8 Å². The maximum atomic E-state index is 5.40. The zero-order valence-electron chi connectivity index (χ0n) is 6.16. The van der Waals surface area contributed by atoms with Crippen molar-refractivity contribution in [3.63, 3.8) is 0 Å². The van der Waals surface area contributed by atoms with Crippen molar-refractivity contribution in [3.8, 4) is 0 Å². The van der Waals surface area contributed by atoms with Gasteiger partial charge in [0.2, 0.25) is 0 Å². The highest BCUT2D eigenvalue weighted by molar-refractivity contribution is 7.98. The molecule has 0 radical (unpaired) electrons. The molecule has 0 aliphatic rings. The van der Waals surface area contributed by atoms with E-state index in [0.29, 0.717) is 6.54 Å². The lowest BCUT2D eigenvalue weighted by Gasteiger charge is -1.92. The SMILES string of the molecule is CSc1cc(CN)nn1C. The molecule has 4 heteroatoms. The lowest BCUT2D eigenvalue weighted by Crippen LogP contribution is -1.98. The summed E-state index contributed by atoms with van der Waals surface area (Å²) in [7, 11) is 1.92. The van der Waals surface area contributed by atoms with Crippen LogP contribution in [0.15, 0.2) is 11.1 Å². The maximum Gasteiger partial charge on any atom is 0.0937 e. The summed E-state index contributed by atoms with van der Waals surface area (Å²) in [5.41, 5.74) is 6.35. The van der Waals surface area contributed by atoms with Gasteiger partial charge in [0.1, 0.15) is 0 Å². The van der Waals surface area contributed by atoms with Crippen molar-refractivity contribution >= 4 is 11.8 Å². The fourth-order valence-corrected chi connectivity index (χ4v) is 1.36. The molecule has 0 saturated heterocycles. The lowest BCUT2D eigenvalue weighted by atomic mass is 10.4. The smallest absolute Gasteiger partial charge is 0.0937 e. The fourth-order valence-electron chi connectivity index (χ4n) is 0.798. The Hall–Kier alpha value is -0.480. The number of hydrogen-bond donors (Lipinski definition) is 1. The van der Waals surface area contributed by atoms with Gasteiger partial charge in [-0.05, 0) is 12.3 Å². The molecular formula is C6H11N3S. The molecule has 0 saturated carbocycles. The van der Waals surface area contributed by atoms with Gasteiger partial charge in [0, 0.05) is 13.6 Å². The number of nitrogens with two attached hydrogens (primary N) is 1. The molecule has 0 amide bonds. The van der Waals surface area contributed by atoms with E-state index in [9.17, 15) is 0 Å². The molecule has 0 atom stereocenters. The summed E-state index contributed by atoms with van der Waals surface area (Å²) in [6.07, 6.45) is 2.03. The Morgan fingerprint density at radius 1 is 1.80 bits per heavy atom. The molecule has 0 bridgehead atoms. The highest BCUT2D eigenvalue weighted by Crippen LogP contribution is 2.13. The van der Waals surface area contributed by atoms with E-state index in [2.05, 4.69) is 5.10 Å². The number of aryl methyl sites for hydroxylation is 1. The van der Waals surface area contributed by atoms with Crippen LogP contribution in [0, 0.1) is 0 Å². The predicted octanol–water partition coefficient (Wildman–Crippen LogP) is 0.601. The van der Waals surface area contributed by atoms with E-state index in [-0.39, 0.29) is 0 Å². The van der Waals surface area contributed by atoms with Crippen molar-refractivity contribution in [1.82, 2.24) is 9.78 Å². The Labute approximate surface area is 64.6 Å². The Morgan fingerprint density at radius 3 is 2.80 bits per heavy atom. The number of thioether (sulfide) groups is 1. The topological polar surface area (TPSA) is 43.8 Å². The highest BCUT2D eigenvalue weighted by Gasteiger charge is 2.00. The number of rotatable bonds is 2. The summed E-state index contributed by atoms with van der Waals surface area (Å²) in [6, 6.07) is 2.00. The molecule has 2 N–H and O–H groups in total. The molecule has 0 aliphatic carbocycles. The van der Waals surface area contributed by atoms with Crippen LogP contribution < -0.4 is 5.73 Å². The second-order valence-electron chi connectivity index (χ2n) is 2.01. The molecule has 1 aromatic rings. The quantitative estimate of drug-likeness (QED) is 0.639. The van der Waals surface area contributed by atoms with Gasteiger partial charge in [0.25, 0.3) is 0 Å². The molecule has 0 aliphatic heterocycles. The van der Waals surface area contributed by atoms with Crippen molar-refractivity contribution in [2.45, 2.75) is 11.6 Å². The van der Waals surface area contributed by atoms with Crippen LogP contribution in [0.1, 0.15) is 5.69 Å². The summed E-state index contributed by atoms with van der Waals surface area (Å²) in [5.74, 6) is 0. The van der Waals surface area contributed by atoms with Gasteiger partial charge in [0.05, 0.1) is 10.7 Å². The van der Waals surface area contributed by atoms with E-state index < -0.39 is 0 Å². The summed E-state index contributed by atoms with van der Waals surface area (Å²) in [5, 5.41) is 5.32. The largest absolute Gasteiger partial charge is 0.325 e. The molecule has 0 aromatic carbocycles. The molecule has 1 rings (SSSR count). The molecule has 1 aromatic heterocycles. The molecule has 0 spiro atoms. The van der Waals surface area contributed by atoms with Gasteiger partial charge in [-0.2, -0.15) is 5.10 Å². The van der Waals surface area contributed by atoms with Gasteiger partial charge >= 0.3 is 0 Å². The van der Waals surface area contributed by atoms with Crippen LogP contribution in [0.5, 0.6) is 0 Å². The number of hydrogen-bond acceptors (Lipinski definition) is 3.